The Bertz CT molecular complexity index is 802. The summed E-state index contributed by atoms with van der Waals surface area (Å²) < 4.78 is 16.4. The normalized spacial score (nSPS) is 16.5. The number of nitrogens with zero attached hydrogens (tertiary/aromatic N) is 2. The van der Waals surface area contributed by atoms with Gasteiger partial charge >= 0.3 is 12.1 Å². The van der Waals surface area contributed by atoms with E-state index in [-0.39, 0.29) is 12.1 Å². The lowest BCUT2D eigenvalue weighted by Gasteiger charge is -2.27. The summed E-state index contributed by atoms with van der Waals surface area (Å²) in [7, 11) is 0. The van der Waals surface area contributed by atoms with Crippen LogP contribution in [0.5, 0.6) is 11.5 Å². The first-order valence-corrected chi connectivity index (χ1v) is 10.3. The molecule has 0 atom stereocenters. The molecule has 2 fully saturated rings. The van der Waals surface area contributed by atoms with E-state index < -0.39 is 0 Å². The third kappa shape index (κ3) is 5.87. The number of rotatable bonds is 4. The van der Waals surface area contributed by atoms with E-state index in [0.717, 1.165) is 0 Å². The van der Waals surface area contributed by atoms with Crippen molar-refractivity contribution >= 4 is 23.4 Å². The summed E-state index contributed by atoms with van der Waals surface area (Å²) in [5, 5.41) is 5.76. The summed E-state index contributed by atoms with van der Waals surface area (Å²) in [6, 6.07) is 14.1. The number of benzene rings is 2. The molecule has 0 aliphatic carbocycles. The van der Waals surface area contributed by atoms with E-state index in [9.17, 15) is 9.59 Å². The molecule has 0 bridgehead atoms. The van der Waals surface area contributed by atoms with Crippen LogP contribution in [0.4, 0.5) is 21.0 Å². The van der Waals surface area contributed by atoms with Crippen molar-refractivity contribution in [1.82, 2.24) is 9.80 Å². The van der Waals surface area contributed by atoms with Gasteiger partial charge in [-0.2, -0.15) is 0 Å². The minimum absolute atomic E-state index is 0.133. The zero-order chi connectivity index (χ0) is 21.5. The van der Waals surface area contributed by atoms with Gasteiger partial charge < -0.3 is 34.6 Å². The molecule has 2 saturated heterocycles. The molecule has 4 amide bonds. The van der Waals surface area contributed by atoms with Crippen LogP contribution in [0.25, 0.3) is 0 Å². The molecule has 2 aliphatic rings. The van der Waals surface area contributed by atoms with E-state index in [2.05, 4.69) is 10.6 Å². The second-order valence-corrected chi connectivity index (χ2v) is 7.21. The summed E-state index contributed by atoms with van der Waals surface area (Å²) in [6.45, 7) is 4.63. The van der Waals surface area contributed by atoms with Gasteiger partial charge in [-0.15, -0.1) is 0 Å². The number of hydrogen-bond acceptors (Lipinski definition) is 5. The number of amides is 4. The third-order valence-electron chi connectivity index (χ3n) is 5.04. The lowest BCUT2D eigenvalue weighted by atomic mass is 10.3. The van der Waals surface area contributed by atoms with Gasteiger partial charge in [-0.05, 0) is 48.5 Å². The van der Waals surface area contributed by atoms with Crippen molar-refractivity contribution in [3.05, 3.63) is 48.5 Å². The first-order chi connectivity index (χ1) is 15.2. The summed E-state index contributed by atoms with van der Waals surface area (Å²) in [5.41, 5.74) is 1.40. The van der Waals surface area contributed by atoms with Gasteiger partial charge in [0.15, 0.2) is 0 Å². The van der Waals surface area contributed by atoms with Crippen LogP contribution < -0.4 is 15.4 Å². The van der Waals surface area contributed by atoms with Crippen molar-refractivity contribution in [2.75, 3.05) is 63.2 Å². The van der Waals surface area contributed by atoms with Crippen LogP contribution >= 0.6 is 0 Å². The molecule has 4 rings (SSSR count). The van der Waals surface area contributed by atoms with Crippen LogP contribution in [0.1, 0.15) is 0 Å². The fourth-order valence-electron chi connectivity index (χ4n) is 3.29. The number of anilines is 2. The maximum Gasteiger partial charge on any atom is 0.321 e. The predicted molar refractivity (Wildman–Crippen MR) is 116 cm³/mol. The minimum Gasteiger partial charge on any atom is -0.457 e. The van der Waals surface area contributed by atoms with Gasteiger partial charge in [0, 0.05) is 37.6 Å². The number of hydrogen-bond donors (Lipinski definition) is 2. The predicted octanol–water partition coefficient (Wildman–Crippen LogP) is 3.21. The number of nitrogens with one attached hydrogen (secondary N) is 2. The van der Waals surface area contributed by atoms with Crippen LogP contribution in [-0.4, -0.2) is 74.5 Å². The molecule has 2 heterocycles. The molecule has 2 N–H and O–H groups in total. The molecule has 2 aliphatic heterocycles. The summed E-state index contributed by atoms with van der Waals surface area (Å²) in [4.78, 5) is 27.9. The molecular formula is C22H26N4O5. The Morgan fingerprint density at radius 3 is 1.35 bits per heavy atom. The summed E-state index contributed by atoms with van der Waals surface area (Å²) in [5.74, 6) is 1.30. The molecule has 31 heavy (non-hydrogen) atoms. The van der Waals surface area contributed by atoms with Crippen LogP contribution in [-0.2, 0) is 9.47 Å². The van der Waals surface area contributed by atoms with Crippen molar-refractivity contribution in [1.29, 1.82) is 0 Å². The average Bonchev–Trinajstić information content (AvgIpc) is 2.82. The van der Waals surface area contributed by atoms with Gasteiger partial charge in [0.25, 0.3) is 0 Å². The van der Waals surface area contributed by atoms with Gasteiger partial charge in [0.2, 0.25) is 0 Å². The molecule has 164 valence electrons. The number of urea groups is 2. The van der Waals surface area contributed by atoms with E-state index in [0.29, 0.717) is 75.5 Å². The molecule has 9 heteroatoms. The van der Waals surface area contributed by atoms with Crippen molar-refractivity contribution in [3.63, 3.8) is 0 Å². The molecule has 0 radical (unpaired) electrons. The fourth-order valence-corrected chi connectivity index (χ4v) is 3.29. The molecule has 2 aromatic carbocycles. The van der Waals surface area contributed by atoms with E-state index in [4.69, 9.17) is 14.2 Å². The highest BCUT2D eigenvalue weighted by molar-refractivity contribution is 5.90. The fraction of sp³-hybridized carbons (Fsp3) is 0.364. The zero-order valence-electron chi connectivity index (χ0n) is 17.2. The van der Waals surface area contributed by atoms with Gasteiger partial charge in [-0.1, -0.05) is 0 Å². The highest BCUT2D eigenvalue weighted by Crippen LogP contribution is 2.24. The third-order valence-corrected chi connectivity index (χ3v) is 5.04. The van der Waals surface area contributed by atoms with Crippen molar-refractivity contribution in [2.24, 2.45) is 0 Å². The zero-order valence-corrected chi connectivity index (χ0v) is 17.2. The topological polar surface area (TPSA) is 92.4 Å². The molecule has 0 saturated carbocycles. The Kier molecular flexibility index (Phi) is 6.85. The Morgan fingerprint density at radius 2 is 1.00 bits per heavy atom. The minimum atomic E-state index is -0.133. The highest BCUT2D eigenvalue weighted by atomic mass is 16.5. The van der Waals surface area contributed by atoms with Gasteiger partial charge in [-0.25, -0.2) is 9.59 Å². The molecule has 2 aromatic rings. The maximum atomic E-state index is 12.2. The van der Waals surface area contributed by atoms with Gasteiger partial charge in [0.05, 0.1) is 26.4 Å². The van der Waals surface area contributed by atoms with Crippen molar-refractivity contribution < 1.29 is 23.8 Å². The standard InChI is InChI=1S/C22H26N4O5/c27-21(25-9-13-29-14-10-25)23-17-1-5-19(6-2-17)31-20-7-3-18(4-8-20)24-22(28)26-11-15-30-16-12-26/h1-8H,9-16H2,(H,23,27)(H,24,28). The Balaban J connectivity index is 1.27. The number of ether oxygens (including phenoxy) is 3. The second-order valence-electron chi connectivity index (χ2n) is 7.21. The van der Waals surface area contributed by atoms with Crippen molar-refractivity contribution in [3.8, 4) is 11.5 Å². The maximum absolute atomic E-state index is 12.2. The number of carbonyl (C=O) groups excluding carboxylic acids is 2. The molecule has 0 spiro atoms. The van der Waals surface area contributed by atoms with Crippen LogP contribution in [0.2, 0.25) is 0 Å². The summed E-state index contributed by atoms with van der Waals surface area (Å²) in [6.07, 6.45) is 0. The van der Waals surface area contributed by atoms with E-state index in [1.54, 1.807) is 58.3 Å². The molecule has 0 unspecified atom stereocenters. The first-order valence-electron chi connectivity index (χ1n) is 10.3. The number of morpholine rings is 2. The smallest absolute Gasteiger partial charge is 0.321 e. The highest BCUT2D eigenvalue weighted by Gasteiger charge is 2.17. The van der Waals surface area contributed by atoms with Crippen LogP contribution in [0.3, 0.4) is 0 Å². The Morgan fingerprint density at radius 1 is 0.645 bits per heavy atom. The van der Waals surface area contributed by atoms with E-state index in [1.807, 2.05) is 0 Å². The molecule has 9 nitrogen and oxygen atoms in total. The lowest BCUT2D eigenvalue weighted by Crippen LogP contribution is -2.43. The van der Waals surface area contributed by atoms with Gasteiger partial charge in [-0.3, -0.25) is 0 Å². The SMILES string of the molecule is O=C(Nc1ccc(Oc2ccc(NC(=O)N3CCOCC3)cc2)cc1)N1CCOCC1. The van der Waals surface area contributed by atoms with Crippen LogP contribution in [0, 0.1) is 0 Å². The monoisotopic (exact) mass is 426 g/mol. The quantitative estimate of drug-likeness (QED) is 0.783. The number of carbonyl (C=O) groups is 2. The Hall–Kier alpha value is -3.30. The average molecular weight is 426 g/mol. The molecule has 0 aromatic heterocycles. The van der Waals surface area contributed by atoms with E-state index in [1.165, 1.54) is 0 Å². The summed E-state index contributed by atoms with van der Waals surface area (Å²) >= 11 is 0. The van der Waals surface area contributed by atoms with E-state index >= 15 is 0 Å². The largest absolute Gasteiger partial charge is 0.457 e. The van der Waals surface area contributed by atoms with Gasteiger partial charge in [0.1, 0.15) is 11.5 Å². The van der Waals surface area contributed by atoms with Crippen molar-refractivity contribution in [2.45, 2.75) is 0 Å². The first kappa shape index (κ1) is 21.0. The second kappa shape index (κ2) is 10.1. The Labute approximate surface area is 180 Å². The van der Waals surface area contributed by atoms with Crippen LogP contribution in [0.15, 0.2) is 48.5 Å². The molecular weight excluding hydrogens is 400 g/mol. The lowest BCUT2D eigenvalue weighted by molar-refractivity contribution is 0.0564.